The minimum Gasteiger partial charge on any atom is -0.448 e. The number of likely N-dealkylation sites (N-methyl/N-ethyl adjacent to an activating group) is 1. The summed E-state index contributed by atoms with van der Waals surface area (Å²) in [5, 5.41) is 0.447. The summed E-state index contributed by atoms with van der Waals surface area (Å²) < 4.78 is 12.7. The number of pyridine rings is 1. The summed E-state index contributed by atoms with van der Waals surface area (Å²) >= 11 is 6.90. The molecule has 1 saturated heterocycles. The number of likely N-dealkylation sites (tertiary alicyclic amines) is 1. The lowest BCUT2D eigenvalue weighted by Gasteiger charge is -2.28. The van der Waals surface area contributed by atoms with E-state index in [1.807, 2.05) is 40.8 Å². The molecule has 0 spiro atoms. The van der Waals surface area contributed by atoms with Crippen LogP contribution in [0.3, 0.4) is 0 Å². The van der Waals surface area contributed by atoms with E-state index < -0.39 is 5.79 Å². The van der Waals surface area contributed by atoms with E-state index in [0.29, 0.717) is 47.6 Å². The van der Waals surface area contributed by atoms with Crippen molar-refractivity contribution in [2.75, 3.05) is 26.7 Å². The van der Waals surface area contributed by atoms with Crippen molar-refractivity contribution in [3.8, 4) is 11.5 Å². The summed E-state index contributed by atoms with van der Waals surface area (Å²) in [7, 11) is 1.97. The molecule has 2 aromatic rings. The first kappa shape index (κ1) is 29.6. The van der Waals surface area contributed by atoms with E-state index in [-0.39, 0.29) is 5.56 Å². The van der Waals surface area contributed by atoms with Crippen LogP contribution < -0.4 is 15.0 Å². The third-order valence-electron chi connectivity index (χ3n) is 8.46. The number of hydrogen-bond acceptors (Lipinski definition) is 6. The van der Waals surface area contributed by atoms with Gasteiger partial charge in [0, 0.05) is 54.9 Å². The van der Waals surface area contributed by atoms with Crippen molar-refractivity contribution in [3.05, 3.63) is 55.0 Å². The Labute approximate surface area is 237 Å². The van der Waals surface area contributed by atoms with Gasteiger partial charge in [-0.2, -0.15) is 0 Å². The SMILES string of the molecule is CCC(CCCC1(C)Oc2c(C)c(C=O)c(CCN(C)Cc3c(C)cc(C)[nH]c3=O)c(Cl)c2O1)N1CCCC1. The Morgan fingerprint density at radius 3 is 2.51 bits per heavy atom. The standard InChI is InChI=1S/C31H44ClN3O4/c1-7-23(35-14-8-9-15-35)11-10-13-31(5)38-28-22(4)26(19-36)24(27(32)29(28)39-31)12-16-34(6)18-25-20(2)17-21(3)33-30(25)37/h17,19,23H,7-16,18H2,1-6H3,(H,33,37). The van der Waals surface area contributed by atoms with Crippen LogP contribution in [0.4, 0.5) is 0 Å². The predicted molar refractivity (Wildman–Crippen MR) is 157 cm³/mol. The minimum absolute atomic E-state index is 0.0603. The number of carbonyl (C=O) groups is 1. The molecule has 0 bridgehead atoms. The largest absolute Gasteiger partial charge is 0.448 e. The summed E-state index contributed by atoms with van der Waals surface area (Å²) in [6.45, 7) is 13.5. The Morgan fingerprint density at radius 2 is 1.87 bits per heavy atom. The number of hydrogen-bond donors (Lipinski definition) is 1. The molecule has 214 valence electrons. The molecule has 0 aliphatic carbocycles. The lowest BCUT2D eigenvalue weighted by atomic mass is 9.98. The lowest BCUT2D eigenvalue weighted by Crippen LogP contribution is -2.36. The number of nitrogens with one attached hydrogen (secondary N) is 1. The first-order valence-corrected chi connectivity index (χ1v) is 14.7. The number of aromatic nitrogens is 1. The molecular formula is C31H44ClN3O4. The first-order chi connectivity index (χ1) is 18.6. The molecule has 3 heterocycles. The van der Waals surface area contributed by atoms with Crippen molar-refractivity contribution >= 4 is 17.9 Å². The van der Waals surface area contributed by atoms with Crippen LogP contribution in [0, 0.1) is 20.8 Å². The van der Waals surface area contributed by atoms with Gasteiger partial charge in [0.15, 0.2) is 17.8 Å². The Kier molecular flexibility index (Phi) is 9.45. The number of H-pyrrole nitrogens is 1. The smallest absolute Gasteiger partial charge is 0.252 e. The van der Waals surface area contributed by atoms with Gasteiger partial charge in [0.1, 0.15) is 0 Å². The zero-order chi connectivity index (χ0) is 28.3. The number of aromatic amines is 1. The molecule has 1 aromatic carbocycles. The molecule has 1 aromatic heterocycles. The predicted octanol–water partition coefficient (Wildman–Crippen LogP) is 5.97. The van der Waals surface area contributed by atoms with E-state index in [9.17, 15) is 9.59 Å². The summed E-state index contributed by atoms with van der Waals surface area (Å²) in [4.78, 5) is 32.3. The molecule has 0 amide bonds. The molecule has 8 heteroatoms. The maximum Gasteiger partial charge on any atom is 0.252 e. The lowest BCUT2D eigenvalue weighted by molar-refractivity contribution is -0.0707. The number of aryl methyl sites for hydroxylation is 2. The molecule has 2 atom stereocenters. The molecule has 2 aliphatic rings. The number of nitrogens with zero attached hydrogens (tertiary/aromatic N) is 2. The monoisotopic (exact) mass is 557 g/mol. The average molecular weight is 558 g/mol. The van der Waals surface area contributed by atoms with Crippen molar-refractivity contribution in [3.63, 3.8) is 0 Å². The van der Waals surface area contributed by atoms with Crippen molar-refractivity contribution in [1.82, 2.24) is 14.8 Å². The van der Waals surface area contributed by atoms with Gasteiger partial charge in [-0.25, -0.2) is 0 Å². The van der Waals surface area contributed by atoms with Crippen LogP contribution in [0.1, 0.15) is 90.7 Å². The minimum atomic E-state index is -0.806. The third kappa shape index (κ3) is 6.53. The highest BCUT2D eigenvalue weighted by Crippen LogP contribution is 2.50. The van der Waals surface area contributed by atoms with Gasteiger partial charge in [0.05, 0.1) is 5.02 Å². The summed E-state index contributed by atoms with van der Waals surface area (Å²) in [6.07, 6.45) is 8.03. The Hall–Kier alpha value is -2.35. The number of aldehydes is 1. The molecule has 1 fully saturated rings. The van der Waals surface area contributed by atoms with Crippen molar-refractivity contribution in [1.29, 1.82) is 0 Å². The number of fused-ring (bicyclic) bond motifs is 1. The highest BCUT2D eigenvalue weighted by molar-refractivity contribution is 6.33. The highest BCUT2D eigenvalue weighted by atomic mass is 35.5. The zero-order valence-corrected chi connectivity index (χ0v) is 25.2. The number of ether oxygens (including phenoxy) is 2. The number of benzene rings is 1. The maximum atomic E-state index is 12.5. The Balaban J connectivity index is 1.44. The fraction of sp³-hybridized carbons (Fsp3) is 0.613. The molecule has 7 nitrogen and oxygen atoms in total. The maximum absolute atomic E-state index is 12.5. The average Bonchev–Trinajstić information content (AvgIpc) is 3.54. The van der Waals surface area contributed by atoms with Crippen LogP contribution in [-0.2, 0) is 13.0 Å². The van der Waals surface area contributed by atoms with Gasteiger partial charge in [-0.05, 0) is 96.6 Å². The second-order valence-electron chi connectivity index (χ2n) is 11.6. The van der Waals surface area contributed by atoms with Gasteiger partial charge in [0.2, 0.25) is 5.79 Å². The number of halogens is 1. The van der Waals surface area contributed by atoms with Gasteiger partial charge < -0.3 is 24.3 Å². The van der Waals surface area contributed by atoms with Crippen molar-refractivity contribution in [2.24, 2.45) is 0 Å². The third-order valence-corrected chi connectivity index (χ3v) is 8.86. The molecular weight excluding hydrogens is 514 g/mol. The van der Waals surface area contributed by atoms with E-state index in [1.54, 1.807) is 0 Å². The first-order valence-electron chi connectivity index (χ1n) is 14.4. The van der Waals surface area contributed by atoms with E-state index in [0.717, 1.165) is 59.9 Å². The quantitative estimate of drug-likeness (QED) is 0.324. The Morgan fingerprint density at radius 1 is 1.18 bits per heavy atom. The normalized spacial score (nSPS) is 19.7. The Bertz CT molecular complexity index is 1250. The van der Waals surface area contributed by atoms with E-state index in [1.165, 1.54) is 25.9 Å². The van der Waals surface area contributed by atoms with Crippen LogP contribution in [0.15, 0.2) is 10.9 Å². The zero-order valence-electron chi connectivity index (χ0n) is 24.4. The van der Waals surface area contributed by atoms with E-state index in [4.69, 9.17) is 21.1 Å². The molecule has 2 aliphatic heterocycles. The van der Waals surface area contributed by atoms with Crippen LogP contribution >= 0.6 is 11.6 Å². The van der Waals surface area contributed by atoms with Gasteiger partial charge in [-0.3, -0.25) is 9.59 Å². The second-order valence-corrected chi connectivity index (χ2v) is 12.0. The van der Waals surface area contributed by atoms with Crippen LogP contribution in [0.5, 0.6) is 11.5 Å². The second kappa shape index (κ2) is 12.4. The van der Waals surface area contributed by atoms with Crippen LogP contribution in [0.2, 0.25) is 5.02 Å². The van der Waals surface area contributed by atoms with Gasteiger partial charge >= 0.3 is 0 Å². The summed E-state index contributed by atoms with van der Waals surface area (Å²) in [6, 6.07) is 2.59. The van der Waals surface area contributed by atoms with Crippen LogP contribution in [-0.4, -0.2) is 59.6 Å². The van der Waals surface area contributed by atoms with Crippen molar-refractivity contribution < 1.29 is 14.3 Å². The summed E-state index contributed by atoms with van der Waals surface area (Å²) in [5.41, 5.74) is 4.60. The van der Waals surface area contributed by atoms with Crippen molar-refractivity contribution in [2.45, 2.75) is 97.9 Å². The molecule has 1 N–H and O–H groups in total. The molecule has 39 heavy (non-hydrogen) atoms. The molecule has 2 unspecified atom stereocenters. The van der Waals surface area contributed by atoms with E-state index in [2.05, 4.69) is 21.7 Å². The fourth-order valence-corrected chi connectivity index (χ4v) is 6.51. The summed E-state index contributed by atoms with van der Waals surface area (Å²) in [5.74, 6) is 0.312. The highest BCUT2D eigenvalue weighted by Gasteiger charge is 2.41. The number of rotatable bonds is 12. The fourth-order valence-electron chi connectivity index (χ4n) is 6.19. The number of carbonyl (C=O) groups excluding carboxylic acids is 1. The van der Waals surface area contributed by atoms with Gasteiger partial charge in [0.25, 0.3) is 5.56 Å². The van der Waals surface area contributed by atoms with Gasteiger partial charge in [-0.15, -0.1) is 0 Å². The van der Waals surface area contributed by atoms with Gasteiger partial charge in [-0.1, -0.05) is 18.5 Å². The van der Waals surface area contributed by atoms with Crippen LogP contribution in [0.25, 0.3) is 0 Å². The molecule has 0 saturated carbocycles. The topological polar surface area (TPSA) is 74.9 Å². The van der Waals surface area contributed by atoms with E-state index >= 15 is 0 Å². The molecule has 0 radical (unpaired) electrons. The molecule has 4 rings (SSSR count).